The highest BCUT2D eigenvalue weighted by Gasteiger charge is 2.18. The van der Waals surface area contributed by atoms with E-state index in [2.05, 4.69) is 9.71 Å². The molecule has 0 radical (unpaired) electrons. The molecule has 8 heteroatoms. The summed E-state index contributed by atoms with van der Waals surface area (Å²) in [5.74, 6) is 0. The molecule has 0 bridgehead atoms. The van der Waals surface area contributed by atoms with Gasteiger partial charge in [0.15, 0.2) is 0 Å². The van der Waals surface area contributed by atoms with Gasteiger partial charge >= 0.3 is 0 Å². The summed E-state index contributed by atoms with van der Waals surface area (Å²) in [4.78, 5) is 3.74. The Morgan fingerprint density at radius 1 is 1.40 bits per heavy atom. The van der Waals surface area contributed by atoms with Gasteiger partial charge in [-0.3, -0.25) is 0 Å². The molecule has 1 fully saturated rings. The Labute approximate surface area is 128 Å². The summed E-state index contributed by atoms with van der Waals surface area (Å²) < 4.78 is 32.2. The topological polar surface area (TPSA) is 68.3 Å². The number of hydrogen-bond donors (Lipinski definition) is 1. The number of nitrogens with zero attached hydrogens (tertiary/aromatic N) is 1. The van der Waals surface area contributed by atoms with Crippen LogP contribution in [0, 0.1) is 0 Å². The van der Waals surface area contributed by atoms with E-state index >= 15 is 0 Å². The minimum Gasteiger partial charge on any atom is -0.378 e. The first-order valence-electron chi connectivity index (χ1n) is 6.41. The van der Waals surface area contributed by atoms with E-state index in [9.17, 15) is 8.42 Å². The highest BCUT2D eigenvalue weighted by atomic mass is 35.5. The molecule has 0 aliphatic carbocycles. The molecule has 1 atom stereocenters. The molecule has 1 saturated heterocycles. The number of nitrogens with one attached hydrogen (secondary N) is 1. The molecule has 2 rings (SSSR count). The van der Waals surface area contributed by atoms with Gasteiger partial charge in [-0.2, -0.15) is 0 Å². The number of sulfonamides is 1. The fourth-order valence-electron chi connectivity index (χ4n) is 2.02. The molecule has 5 nitrogen and oxygen atoms in total. The van der Waals surface area contributed by atoms with Crippen LogP contribution in [0.1, 0.15) is 25.7 Å². The first-order valence-corrected chi connectivity index (χ1v) is 8.65. The molecule has 0 spiro atoms. The van der Waals surface area contributed by atoms with Gasteiger partial charge in [0.2, 0.25) is 10.0 Å². The second-order valence-electron chi connectivity index (χ2n) is 4.62. The van der Waals surface area contributed by atoms with Crippen molar-refractivity contribution in [2.24, 2.45) is 0 Å². The molecule has 0 saturated carbocycles. The van der Waals surface area contributed by atoms with Crippen molar-refractivity contribution < 1.29 is 13.2 Å². The monoisotopic (exact) mass is 338 g/mol. The summed E-state index contributed by atoms with van der Waals surface area (Å²) in [6.07, 6.45) is 5.18. The molecule has 1 unspecified atom stereocenters. The van der Waals surface area contributed by atoms with Gasteiger partial charge in [-0.25, -0.2) is 18.1 Å². The Bertz CT molecular complexity index is 560. The fraction of sp³-hybridized carbons (Fsp3) is 0.583. The van der Waals surface area contributed by atoms with Crippen LogP contribution in [-0.4, -0.2) is 32.7 Å². The lowest BCUT2D eigenvalue weighted by atomic mass is 10.1. The Hall–Kier alpha value is -0.400. The SMILES string of the molecule is O=S(=O)(NCCC1CCCCO1)c1cnc(Cl)c(Cl)c1. The number of aromatic nitrogens is 1. The second kappa shape index (κ2) is 7.04. The first-order chi connectivity index (χ1) is 9.49. The van der Waals surface area contributed by atoms with Crippen LogP contribution in [-0.2, 0) is 14.8 Å². The third-order valence-electron chi connectivity index (χ3n) is 3.11. The van der Waals surface area contributed by atoms with Gasteiger partial charge in [-0.1, -0.05) is 23.2 Å². The molecule has 1 aliphatic rings. The van der Waals surface area contributed by atoms with Crippen LogP contribution < -0.4 is 4.72 Å². The number of pyridine rings is 1. The van der Waals surface area contributed by atoms with Gasteiger partial charge in [0.25, 0.3) is 0 Å². The minimum atomic E-state index is -3.61. The van der Waals surface area contributed by atoms with Gasteiger partial charge in [-0.05, 0) is 31.7 Å². The van der Waals surface area contributed by atoms with E-state index in [4.69, 9.17) is 27.9 Å². The van der Waals surface area contributed by atoms with Crippen LogP contribution in [0.4, 0.5) is 0 Å². The summed E-state index contributed by atoms with van der Waals surface area (Å²) in [5, 5.41) is 0.200. The third kappa shape index (κ3) is 4.30. The molecule has 1 aromatic rings. The zero-order chi connectivity index (χ0) is 14.6. The molecule has 20 heavy (non-hydrogen) atoms. The first kappa shape index (κ1) is 16.0. The van der Waals surface area contributed by atoms with Crippen LogP contribution in [0.5, 0.6) is 0 Å². The van der Waals surface area contributed by atoms with Gasteiger partial charge < -0.3 is 4.74 Å². The number of ether oxygens (including phenoxy) is 1. The van der Waals surface area contributed by atoms with Crippen molar-refractivity contribution in [3.63, 3.8) is 0 Å². The molecular weight excluding hydrogens is 323 g/mol. The Balaban J connectivity index is 1.91. The Morgan fingerprint density at radius 2 is 2.20 bits per heavy atom. The maximum absolute atomic E-state index is 12.0. The quantitative estimate of drug-likeness (QED) is 0.838. The lowest BCUT2D eigenvalue weighted by Crippen LogP contribution is -2.29. The van der Waals surface area contributed by atoms with Crippen LogP contribution in [0.15, 0.2) is 17.2 Å². The second-order valence-corrected chi connectivity index (χ2v) is 7.15. The van der Waals surface area contributed by atoms with Crippen molar-refractivity contribution >= 4 is 33.2 Å². The third-order valence-corrected chi connectivity index (χ3v) is 5.23. The number of rotatable bonds is 5. The van der Waals surface area contributed by atoms with E-state index in [1.165, 1.54) is 12.3 Å². The fourth-order valence-corrected chi connectivity index (χ4v) is 3.38. The zero-order valence-corrected chi connectivity index (χ0v) is 13.1. The van der Waals surface area contributed by atoms with E-state index in [1.807, 2.05) is 0 Å². The van der Waals surface area contributed by atoms with Crippen molar-refractivity contribution in [2.75, 3.05) is 13.2 Å². The lowest BCUT2D eigenvalue weighted by Gasteiger charge is -2.22. The molecule has 112 valence electrons. The number of halogens is 2. The van der Waals surface area contributed by atoms with Crippen molar-refractivity contribution in [2.45, 2.75) is 36.7 Å². The maximum Gasteiger partial charge on any atom is 0.242 e. The van der Waals surface area contributed by atoms with Crippen molar-refractivity contribution in [3.8, 4) is 0 Å². The lowest BCUT2D eigenvalue weighted by molar-refractivity contribution is 0.0123. The van der Waals surface area contributed by atoms with Crippen LogP contribution in [0.3, 0.4) is 0 Å². The predicted octanol–water partition coefficient (Wildman–Crippen LogP) is 2.63. The average molecular weight is 339 g/mol. The Kier molecular flexibility index (Phi) is 5.63. The van der Waals surface area contributed by atoms with Gasteiger partial charge in [0, 0.05) is 19.3 Å². The molecule has 1 aliphatic heterocycles. The summed E-state index contributed by atoms with van der Waals surface area (Å²) in [6, 6.07) is 1.29. The van der Waals surface area contributed by atoms with E-state index < -0.39 is 10.0 Å². The summed E-state index contributed by atoms with van der Waals surface area (Å²) in [7, 11) is -3.61. The summed E-state index contributed by atoms with van der Waals surface area (Å²) in [5.41, 5.74) is 0. The van der Waals surface area contributed by atoms with Crippen molar-refractivity contribution in [1.82, 2.24) is 9.71 Å². The van der Waals surface area contributed by atoms with E-state index in [0.717, 1.165) is 25.9 Å². The number of hydrogen-bond acceptors (Lipinski definition) is 4. The summed E-state index contributed by atoms with van der Waals surface area (Å²) >= 11 is 11.4. The molecule has 2 heterocycles. The summed E-state index contributed by atoms with van der Waals surface area (Å²) in [6.45, 7) is 1.08. The van der Waals surface area contributed by atoms with E-state index in [1.54, 1.807) is 0 Å². The zero-order valence-electron chi connectivity index (χ0n) is 10.8. The highest BCUT2D eigenvalue weighted by molar-refractivity contribution is 7.89. The molecular formula is C12H16Cl2N2O3S. The van der Waals surface area contributed by atoms with Gasteiger partial charge in [0.05, 0.1) is 11.1 Å². The van der Waals surface area contributed by atoms with Gasteiger partial charge in [-0.15, -0.1) is 0 Å². The van der Waals surface area contributed by atoms with Gasteiger partial charge in [0.1, 0.15) is 10.0 Å². The molecule has 0 amide bonds. The minimum absolute atomic E-state index is 0.0106. The van der Waals surface area contributed by atoms with E-state index in [-0.39, 0.29) is 21.2 Å². The van der Waals surface area contributed by atoms with Crippen molar-refractivity contribution in [1.29, 1.82) is 0 Å². The predicted molar refractivity (Wildman–Crippen MR) is 77.7 cm³/mol. The average Bonchev–Trinajstić information content (AvgIpc) is 2.43. The molecule has 1 N–H and O–H groups in total. The van der Waals surface area contributed by atoms with Crippen LogP contribution >= 0.6 is 23.2 Å². The van der Waals surface area contributed by atoms with Crippen molar-refractivity contribution in [3.05, 3.63) is 22.4 Å². The largest absolute Gasteiger partial charge is 0.378 e. The van der Waals surface area contributed by atoms with Crippen LogP contribution in [0.2, 0.25) is 10.2 Å². The molecule has 1 aromatic heterocycles. The highest BCUT2D eigenvalue weighted by Crippen LogP contribution is 2.22. The smallest absolute Gasteiger partial charge is 0.242 e. The van der Waals surface area contributed by atoms with Crippen LogP contribution in [0.25, 0.3) is 0 Å². The maximum atomic E-state index is 12.0. The van der Waals surface area contributed by atoms with E-state index in [0.29, 0.717) is 13.0 Å². The Morgan fingerprint density at radius 3 is 2.85 bits per heavy atom. The standard InChI is InChI=1S/C12H16Cl2N2O3S/c13-11-7-10(8-15-12(11)14)20(17,18)16-5-4-9-3-1-2-6-19-9/h7-9,16H,1-6H2. The normalized spacial score (nSPS) is 20.0. The molecule has 0 aromatic carbocycles.